The zero-order chi connectivity index (χ0) is 33.5. The summed E-state index contributed by atoms with van der Waals surface area (Å²) in [5.41, 5.74) is 1.14. The van der Waals surface area contributed by atoms with Crippen molar-refractivity contribution in [1.29, 1.82) is 0 Å². The molecule has 0 spiro atoms. The highest BCUT2D eigenvalue weighted by atomic mass is 32.2. The van der Waals surface area contributed by atoms with Crippen LogP contribution in [0.25, 0.3) is 0 Å². The first kappa shape index (κ1) is 37.3. The number of amides is 3. The van der Waals surface area contributed by atoms with Crippen LogP contribution in [0.15, 0.2) is 59.5 Å². The zero-order valence-electron chi connectivity index (χ0n) is 25.4. The predicted octanol–water partition coefficient (Wildman–Crippen LogP) is 6.36. The topological polar surface area (TPSA) is 143 Å². The third-order valence-electron chi connectivity index (χ3n) is 5.75. The number of anilines is 1. The first-order valence-electron chi connectivity index (χ1n) is 14.0. The largest absolute Gasteiger partial charge is 0.467 e. The molecule has 0 saturated heterocycles. The van der Waals surface area contributed by atoms with Gasteiger partial charge in [0.25, 0.3) is 15.3 Å². The molecule has 0 aliphatic rings. The molecule has 0 unspecified atom stereocenters. The fraction of sp³-hybridized carbons (Fsp3) is 0.414. The van der Waals surface area contributed by atoms with Crippen molar-refractivity contribution in [3.05, 3.63) is 71.5 Å². The van der Waals surface area contributed by atoms with Crippen LogP contribution in [0.5, 0.6) is 6.01 Å². The Morgan fingerprint density at radius 2 is 1.58 bits per heavy atom. The molecule has 0 aliphatic heterocycles. The van der Waals surface area contributed by atoms with E-state index in [9.17, 15) is 31.2 Å². The van der Waals surface area contributed by atoms with E-state index in [1.807, 2.05) is 23.1 Å². The third-order valence-corrected chi connectivity index (χ3v) is 8.17. The summed E-state index contributed by atoms with van der Waals surface area (Å²) in [5.74, 6) is 0.716. The second-order valence-corrected chi connectivity index (χ2v) is 12.1. The van der Waals surface area contributed by atoms with Crippen LogP contribution in [0.2, 0.25) is 0 Å². The number of urea groups is 1. The standard InChI is InChI=1S/C15H16F3N5O4S.C14H21NOS/c1-9-19-12(22-14(20-9)27-2)21-13(24)23-28(25,26)11-6-4-3-5-10(11)7-8-15(16,17)18;1-3-10-15(11-4-2)14(16)17-12-13-8-6-5-7-9-13/h3-6H,7-8H2,1-2H3,(H2,19,20,21,22,23,24);5-9H,3-4,10-12H2,1-2H3. The molecule has 11 nitrogen and oxygen atoms in total. The van der Waals surface area contributed by atoms with Crippen LogP contribution in [0.3, 0.4) is 0 Å². The van der Waals surface area contributed by atoms with Crippen molar-refractivity contribution in [3.63, 3.8) is 0 Å². The Balaban J connectivity index is 0.000000355. The monoisotopic (exact) mass is 670 g/mol. The summed E-state index contributed by atoms with van der Waals surface area (Å²) in [7, 11) is -3.14. The summed E-state index contributed by atoms with van der Waals surface area (Å²) in [5, 5.41) is 2.31. The van der Waals surface area contributed by atoms with Gasteiger partial charge in [-0.05, 0) is 43.4 Å². The molecule has 0 radical (unpaired) electrons. The number of hydrogen-bond donors (Lipinski definition) is 2. The molecule has 0 saturated carbocycles. The molecule has 1 aromatic heterocycles. The minimum Gasteiger partial charge on any atom is -0.467 e. The Kier molecular flexibility index (Phi) is 15.0. The van der Waals surface area contributed by atoms with Crippen LogP contribution in [0, 0.1) is 6.92 Å². The average Bonchev–Trinajstić information content (AvgIpc) is 2.98. The van der Waals surface area contributed by atoms with Gasteiger partial charge in [-0.1, -0.05) is 74.1 Å². The van der Waals surface area contributed by atoms with Gasteiger partial charge in [0.1, 0.15) is 5.82 Å². The van der Waals surface area contributed by atoms with Gasteiger partial charge in [-0.25, -0.2) is 17.9 Å². The Morgan fingerprint density at radius 3 is 2.18 bits per heavy atom. The summed E-state index contributed by atoms with van der Waals surface area (Å²) < 4.78 is 68.8. The van der Waals surface area contributed by atoms with Gasteiger partial charge in [0.05, 0.1) is 12.0 Å². The molecular weight excluding hydrogens is 633 g/mol. The smallest absolute Gasteiger partial charge is 0.389 e. The number of aryl methyl sites for hydroxylation is 2. The van der Waals surface area contributed by atoms with E-state index in [0.29, 0.717) is 0 Å². The number of aromatic nitrogens is 3. The van der Waals surface area contributed by atoms with Crippen molar-refractivity contribution in [1.82, 2.24) is 24.6 Å². The molecule has 16 heteroatoms. The van der Waals surface area contributed by atoms with Gasteiger partial charge in [0.2, 0.25) is 5.95 Å². The van der Waals surface area contributed by atoms with Gasteiger partial charge in [-0.2, -0.15) is 28.1 Å². The van der Waals surface area contributed by atoms with Crippen LogP contribution >= 0.6 is 11.8 Å². The summed E-state index contributed by atoms with van der Waals surface area (Å²) in [4.78, 5) is 36.9. The van der Waals surface area contributed by atoms with E-state index in [0.717, 1.165) is 37.8 Å². The Bertz CT molecular complexity index is 1490. The zero-order valence-corrected chi connectivity index (χ0v) is 27.1. The molecule has 45 heavy (non-hydrogen) atoms. The molecule has 3 aromatic rings. The number of methoxy groups -OCH3 is 1. The Morgan fingerprint density at radius 1 is 0.956 bits per heavy atom. The summed E-state index contributed by atoms with van der Waals surface area (Å²) >= 11 is 1.40. The predicted molar refractivity (Wildman–Crippen MR) is 167 cm³/mol. The number of sulfonamides is 1. The normalized spacial score (nSPS) is 11.2. The van der Waals surface area contributed by atoms with Gasteiger partial charge in [0.15, 0.2) is 0 Å². The molecule has 0 fully saturated rings. The van der Waals surface area contributed by atoms with Gasteiger partial charge in [-0.3, -0.25) is 10.1 Å². The fourth-order valence-electron chi connectivity index (χ4n) is 3.80. The molecular formula is C29H37F3N6O5S2. The van der Waals surface area contributed by atoms with E-state index >= 15 is 0 Å². The number of hydrogen-bond acceptors (Lipinski definition) is 9. The maximum Gasteiger partial charge on any atom is 0.389 e. The van der Waals surface area contributed by atoms with Crippen molar-refractivity contribution < 1.29 is 35.9 Å². The molecule has 0 atom stereocenters. The van der Waals surface area contributed by atoms with E-state index in [4.69, 9.17) is 4.74 Å². The third kappa shape index (κ3) is 13.7. The Hall–Kier alpha value is -3.92. The lowest BCUT2D eigenvalue weighted by Gasteiger charge is -2.20. The molecule has 2 aromatic carbocycles. The lowest BCUT2D eigenvalue weighted by atomic mass is 10.1. The number of rotatable bonds is 12. The van der Waals surface area contributed by atoms with Crippen molar-refractivity contribution in [2.45, 2.75) is 63.3 Å². The van der Waals surface area contributed by atoms with Gasteiger partial charge in [0, 0.05) is 25.3 Å². The SMILES string of the molecule is CCCN(CCC)C(=O)SCc1ccccc1.COc1nc(C)nc(NC(=O)NS(=O)(=O)c2ccccc2CCC(F)(F)F)n1. The lowest BCUT2D eigenvalue weighted by Crippen LogP contribution is -2.35. The summed E-state index contributed by atoms with van der Waals surface area (Å²) in [6.07, 6.45) is -4.14. The second-order valence-electron chi connectivity index (χ2n) is 9.50. The quantitative estimate of drug-likeness (QED) is 0.225. The summed E-state index contributed by atoms with van der Waals surface area (Å²) in [6, 6.07) is 13.9. The lowest BCUT2D eigenvalue weighted by molar-refractivity contribution is -0.134. The Labute approximate surface area is 265 Å². The molecule has 3 rings (SSSR count). The molecule has 0 aliphatic carbocycles. The van der Waals surface area contributed by atoms with Crippen molar-refractivity contribution in [2.24, 2.45) is 0 Å². The fourth-order valence-corrected chi connectivity index (χ4v) is 5.83. The van der Waals surface area contributed by atoms with Gasteiger partial charge < -0.3 is 9.64 Å². The highest BCUT2D eigenvalue weighted by molar-refractivity contribution is 8.12. The van der Waals surface area contributed by atoms with Crippen molar-refractivity contribution in [3.8, 4) is 6.01 Å². The van der Waals surface area contributed by atoms with Crippen LogP contribution in [-0.4, -0.2) is 65.9 Å². The number of nitrogens with zero attached hydrogens (tertiary/aromatic N) is 4. The first-order valence-corrected chi connectivity index (χ1v) is 16.5. The first-order chi connectivity index (χ1) is 21.3. The van der Waals surface area contributed by atoms with Crippen molar-refractivity contribution >= 4 is 39.0 Å². The van der Waals surface area contributed by atoms with Crippen LogP contribution < -0.4 is 14.8 Å². The highest BCUT2D eigenvalue weighted by Gasteiger charge is 2.29. The number of carbonyl (C=O) groups is 2. The molecule has 246 valence electrons. The molecule has 1 heterocycles. The maximum atomic E-state index is 12.5. The van der Waals surface area contributed by atoms with E-state index < -0.39 is 40.0 Å². The number of alkyl halides is 3. The number of thioether (sulfide) groups is 1. The van der Waals surface area contributed by atoms with E-state index in [1.165, 1.54) is 49.6 Å². The number of halogens is 3. The molecule has 2 N–H and O–H groups in total. The number of carbonyl (C=O) groups excluding carboxylic acids is 2. The van der Waals surface area contributed by atoms with Crippen molar-refractivity contribution in [2.75, 3.05) is 25.5 Å². The van der Waals surface area contributed by atoms with Crippen LogP contribution in [0.4, 0.5) is 28.7 Å². The van der Waals surface area contributed by atoms with Crippen LogP contribution in [-0.2, 0) is 22.2 Å². The minimum atomic E-state index is -4.45. The highest BCUT2D eigenvalue weighted by Crippen LogP contribution is 2.25. The molecule has 0 bridgehead atoms. The summed E-state index contributed by atoms with van der Waals surface area (Å²) in [6.45, 7) is 7.46. The number of nitrogens with one attached hydrogen (secondary N) is 2. The van der Waals surface area contributed by atoms with E-state index in [1.54, 1.807) is 4.72 Å². The van der Waals surface area contributed by atoms with Crippen LogP contribution in [0.1, 0.15) is 50.1 Å². The minimum absolute atomic E-state index is 0.0715. The second kappa shape index (κ2) is 18.1. The van der Waals surface area contributed by atoms with Gasteiger partial charge in [-0.15, -0.1) is 0 Å². The molecule has 3 amide bonds. The van der Waals surface area contributed by atoms with Gasteiger partial charge >= 0.3 is 18.2 Å². The van der Waals surface area contributed by atoms with E-state index in [-0.39, 0.29) is 28.6 Å². The number of ether oxygens (including phenoxy) is 1. The number of benzene rings is 2. The maximum absolute atomic E-state index is 12.5. The average molecular weight is 671 g/mol. The van der Waals surface area contributed by atoms with E-state index in [2.05, 4.69) is 46.2 Å².